The molecule has 0 unspecified atom stereocenters. The Bertz CT molecular complexity index is 1060. The predicted molar refractivity (Wildman–Crippen MR) is 111 cm³/mol. The van der Waals surface area contributed by atoms with Crippen LogP contribution >= 0.6 is 0 Å². The number of amides is 2. The molecule has 5 nitrogen and oxygen atoms in total. The Hall–Kier alpha value is -3.74. The zero-order valence-electron chi connectivity index (χ0n) is 16.2. The average molecular weight is 410 g/mol. The van der Waals surface area contributed by atoms with Crippen LogP contribution in [0.25, 0.3) is 0 Å². The summed E-state index contributed by atoms with van der Waals surface area (Å²) in [5.41, 5.74) is 1.25. The highest BCUT2D eigenvalue weighted by atomic mass is 19.2. The second-order valence-corrected chi connectivity index (χ2v) is 6.56. The molecule has 0 aliphatic heterocycles. The van der Waals surface area contributed by atoms with Crippen molar-refractivity contribution in [1.29, 1.82) is 0 Å². The molecule has 2 N–H and O–H groups in total. The number of hydrogen-bond acceptors (Lipinski definition) is 3. The van der Waals surface area contributed by atoms with Gasteiger partial charge >= 0.3 is 0 Å². The van der Waals surface area contributed by atoms with Crippen molar-refractivity contribution in [3.63, 3.8) is 0 Å². The van der Waals surface area contributed by atoms with Gasteiger partial charge in [0.2, 0.25) is 5.91 Å². The molecule has 0 heterocycles. The van der Waals surface area contributed by atoms with Crippen molar-refractivity contribution in [2.75, 3.05) is 17.2 Å². The van der Waals surface area contributed by atoms with Crippen molar-refractivity contribution in [2.24, 2.45) is 0 Å². The van der Waals surface area contributed by atoms with Crippen LogP contribution in [0.15, 0.2) is 66.7 Å². The molecule has 0 radical (unpaired) electrons. The lowest BCUT2D eigenvalue weighted by molar-refractivity contribution is -0.114. The van der Waals surface area contributed by atoms with Crippen molar-refractivity contribution in [2.45, 2.75) is 13.3 Å². The van der Waals surface area contributed by atoms with Gasteiger partial charge in [-0.1, -0.05) is 36.4 Å². The quantitative estimate of drug-likeness (QED) is 0.588. The summed E-state index contributed by atoms with van der Waals surface area (Å²) >= 11 is 0. The molecule has 0 aliphatic carbocycles. The number of halogens is 2. The zero-order valence-corrected chi connectivity index (χ0v) is 16.2. The van der Waals surface area contributed by atoms with Crippen LogP contribution < -0.4 is 15.4 Å². The third-order valence-electron chi connectivity index (χ3n) is 4.21. The van der Waals surface area contributed by atoms with Crippen molar-refractivity contribution in [1.82, 2.24) is 0 Å². The first-order chi connectivity index (χ1) is 14.4. The molecular formula is C23H20F2N2O3. The maximum Gasteiger partial charge on any atom is 0.257 e. The van der Waals surface area contributed by atoms with Gasteiger partial charge in [0.15, 0.2) is 11.6 Å². The van der Waals surface area contributed by atoms with E-state index in [4.69, 9.17) is 4.74 Å². The standard InChI is InChI=1S/C23H20F2N2O3/c1-15(28)26-22-14-21(25)20(24)13-19(22)23(29)27-17-8-5-9-18(12-17)30-11-10-16-6-3-2-4-7-16/h2-9,12-14H,10-11H2,1H3,(H,26,28)(H,27,29). The maximum absolute atomic E-state index is 13.7. The fourth-order valence-electron chi connectivity index (χ4n) is 2.82. The molecule has 154 valence electrons. The van der Waals surface area contributed by atoms with Gasteiger partial charge in [-0.25, -0.2) is 8.78 Å². The van der Waals surface area contributed by atoms with E-state index >= 15 is 0 Å². The van der Waals surface area contributed by atoms with Crippen LogP contribution in [0, 0.1) is 11.6 Å². The Kier molecular flexibility index (Phi) is 6.75. The summed E-state index contributed by atoms with van der Waals surface area (Å²) < 4.78 is 32.9. The van der Waals surface area contributed by atoms with Crippen LogP contribution in [-0.4, -0.2) is 18.4 Å². The molecule has 0 saturated heterocycles. The highest BCUT2D eigenvalue weighted by Crippen LogP contribution is 2.23. The Morgan fingerprint density at radius 1 is 0.900 bits per heavy atom. The van der Waals surface area contributed by atoms with E-state index in [0.717, 1.165) is 24.1 Å². The Morgan fingerprint density at radius 3 is 2.37 bits per heavy atom. The molecule has 0 fully saturated rings. The van der Waals surface area contributed by atoms with Gasteiger partial charge < -0.3 is 15.4 Å². The number of rotatable bonds is 7. The summed E-state index contributed by atoms with van der Waals surface area (Å²) in [6.45, 7) is 1.66. The first kappa shape index (κ1) is 21.0. The minimum atomic E-state index is -1.19. The van der Waals surface area contributed by atoms with Crippen molar-refractivity contribution in [3.8, 4) is 5.75 Å². The fourth-order valence-corrected chi connectivity index (χ4v) is 2.82. The number of anilines is 2. The number of ether oxygens (including phenoxy) is 1. The highest BCUT2D eigenvalue weighted by Gasteiger charge is 2.17. The molecule has 0 atom stereocenters. The van der Waals surface area contributed by atoms with Crippen LogP contribution in [0.3, 0.4) is 0 Å². The van der Waals surface area contributed by atoms with E-state index in [1.807, 2.05) is 30.3 Å². The maximum atomic E-state index is 13.7. The van der Waals surface area contributed by atoms with Gasteiger partial charge in [0.05, 0.1) is 17.9 Å². The molecule has 0 saturated carbocycles. The van der Waals surface area contributed by atoms with Crippen LogP contribution in [0.4, 0.5) is 20.2 Å². The Morgan fingerprint density at radius 2 is 1.63 bits per heavy atom. The molecule has 0 aromatic heterocycles. The number of carbonyl (C=O) groups excluding carboxylic acids is 2. The molecule has 2 amide bonds. The molecular weight excluding hydrogens is 390 g/mol. The summed E-state index contributed by atoms with van der Waals surface area (Å²) in [5.74, 6) is -3.00. The first-order valence-corrected chi connectivity index (χ1v) is 9.27. The van der Waals surface area contributed by atoms with Gasteiger partial charge in [0.1, 0.15) is 5.75 Å². The molecule has 0 aliphatic rings. The van der Waals surface area contributed by atoms with Gasteiger partial charge in [-0.15, -0.1) is 0 Å². The van der Waals surface area contributed by atoms with E-state index in [1.54, 1.807) is 24.3 Å². The lowest BCUT2D eigenvalue weighted by Gasteiger charge is -2.12. The smallest absolute Gasteiger partial charge is 0.257 e. The summed E-state index contributed by atoms with van der Waals surface area (Å²) in [4.78, 5) is 23.9. The fraction of sp³-hybridized carbons (Fsp3) is 0.130. The normalized spacial score (nSPS) is 10.4. The van der Waals surface area contributed by atoms with Gasteiger partial charge in [-0.2, -0.15) is 0 Å². The van der Waals surface area contributed by atoms with E-state index in [1.165, 1.54) is 6.92 Å². The van der Waals surface area contributed by atoms with Crippen molar-refractivity contribution in [3.05, 3.63) is 89.5 Å². The zero-order chi connectivity index (χ0) is 21.5. The number of hydrogen-bond donors (Lipinski definition) is 2. The largest absolute Gasteiger partial charge is 0.493 e. The highest BCUT2D eigenvalue weighted by molar-refractivity contribution is 6.10. The Balaban J connectivity index is 1.69. The second kappa shape index (κ2) is 9.65. The summed E-state index contributed by atoms with van der Waals surface area (Å²) in [7, 11) is 0. The first-order valence-electron chi connectivity index (χ1n) is 9.27. The van der Waals surface area contributed by atoms with Gasteiger partial charge in [0.25, 0.3) is 5.91 Å². The van der Waals surface area contributed by atoms with Gasteiger partial charge in [-0.05, 0) is 23.8 Å². The van der Waals surface area contributed by atoms with Crippen LogP contribution in [0.1, 0.15) is 22.8 Å². The van der Waals surface area contributed by atoms with E-state index in [2.05, 4.69) is 10.6 Å². The van der Waals surface area contributed by atoms with Gasteiger partial charge in [-0.3, -0.25) is 9.59 Å². The SMILES string of the molecule is CC(=O)Nc1cc(F)c(F)cc1C(=O)Nc1cccc(OCCc2ccccc2)c1. The molecule has 3 aromatic carbocycles. The number of benzene rings is 3. The van der Waals surface area contributed by atoms with Gasteiger partial charge in [0, 0.05) is 31.2 Å². The molecule has 3 rings (SSSR count). The topological polar surface area (TPSA) is 67.4 Å². The molecule has 7 heteroatoms. The number of carbonyl (C=O) groups is 2. The van der Waals surface area contributed by atoms with E-state index in [0.29, 0.717) is 18.0 Å². The summed E-state index contributed by atoms with van der Waals surface area (Å²) in [5, 5.41) is 4.94. The minimum Gasteiger partial charge on any atom is -0.493 e. The molecule has 0 bridgehead atoms. The van der Waals surface area contributed by atoms with Crippen LogP contribution in [0.5, 0.6) is 5.75 Å². The summed E-state index contributed by atoms with van der Waals surface area (Å²) in [6.07, 6.45) is 0.729. The van der Waals surface area contributed by atoms with E-state index < -0.39 is 23.4 Å². The molecule has 3 aromatic rings. The second-order valence-electron chi connectivity index (χ2n) is 6.56. The lowest BCUT2D eigenvalue weighted by Crippen LogP contribution is -2.17. The predicted octanol–water partition coefficient (Wildman–Crippen LogP) is 4.80. The monoisotopic (exact) mass is 410 g/mol. The third kappa shape index (κ3) is 5.64. The molecule has 0 spiro atoms. The summed E-state index contributed by atoms with van der Waals surface area (Å²) in [6, 6.07) is 18.1. The Labute approximate surface area is 172 Å². The average Bonchev–Trinajstić information content (AvgIpc) is 2.71. The van der Waals surface area contributed by atoms with Crippen LogP contribution in [-0.2, 0) is 11.2 Å². The molecule has 30 heavy (non-hydrogen) atoms. The van der Waals surface area contributed by atoms with E-state index in [9.17, 15) is 18.4 Å². The lowest BCUT2D eigenvalue weighted by atomic mass is 10.1. The number of nitrogens with one attached hydrogen (secondary N) is 2. The minimum absolute atomic E-state index is 0.117. The van der Waals surface area contributed by atoms with Crippen LogP contribution in [0.2, 0.25) is 0 Å². The van der Waals surface area contributed by atoms with Crippen molar-refractivity contribution < 1.29 is 23.1 Å². The van der Waals surface area contributed by atoms with E-state index in [-0.39, 0.29) is 11.3 Å². The van der Waals surface area contributed by atoms with Crippen molar-refractivity contribution >= 4 is 23.2 Å². The third-order valence-corrected chi connectivity index (χ3v) is 4.21.